The minimum atomic E-state index is -0.257. The second-order valence-electron chi connectivity index (χ2n) is 7.14. The number of pyridine rings is 1. The molecule has 0 saturated heterocycles. The van der Waals surface area contributed by atoms with Crippen molar-refractivity contribution in [3.05, 3.63) is 72.2 Å². The topological polar surface area (TPSA) is 106 Å². The molecule has 31 heavy (non-hydrogen) atoms. The normalized spacial score (nSPS) is 12.7. The summed E-state index contributed by atoms with van der Waals surface area (Å²) in [6.45, 7) is 4.35. The molecule has 8 nitrogen and oxygen atoms in total. The van der Waals surface area contributed by atoms with Crippen molar-refractivity contribution in [2.45, 2.75) is 19.8 Å². The maximum absolute atomic E-state index is 12.2. The monoisotopic (exact) mass is 415 g/mol. The zero-order valence-electron chi connectivity index (χ0n) is 19.5. The lowest BCUT2D eigenvalue weighted by atomic mass is 9.97. The smallest absolute Gasteiger partial charge is 0.270 e. The fourth-order valence-corrected chi connectivity index (χ4v) is 3.28. The highest BCUT2D eigenvalue weighted by molar-refractivity contribution is 6.04. The number of amides is 1. The third-order valence-corrected chi connectivity index (χ3v) is 4.95. The molecule has 0 saturated carbocycles. The van der Waals surface area contributed by atoms with Gasteiger partial charge in [0, 0.05) is 48.4 Å². The lowest BCUT2D eigenvalue weighted by Crippen LogP contribution is -2.20. The number of aryl methyl sites for hydroxylation is 1. The van der Waals surface area contributed by atoms with Crippen molar-refractivity contribution >= 4 is 22.6 Å². The zero-order valence-corrected chi connectivity index (χ0v) is 17.5. The van der Waals surface area contributed by atoms with E-state index in [-0.39, 0.29) is 24.0 Å². The molecular formula is C23H23N7O. The Morgan fingerprint density at radius 2 is 1.97 bits per heavy atom. The minimum absolute atomic E-state index is 0.0142. The predicted molar refractivity (Wildman–Crippen MR) is 120 cm³/mol. The molecule has 0 spiro atoms. The van der Waals surface area contributed by atoms with Gasteiger partial charge in [0.1, 0.15) is 24.2 Å². The lowest BCUT2D eigenvalue weighted by molar-refractivity contribution is 0.0960. The van der Waals surface area contributed by atoms with Crippen LogP contribution in [0.15, 0.2) is 55.2 Å². The molecule has 0 unspecified atom stereocenters. The first-order valence-electron chi connectivity index (χ1n) is 10.9. The molecule has 2 N–H and O–H groups in total. The van der Waals surface area contributed by atoms with Gasteiger partial charge in [0.05, 0.1) is 14.0 Å². The van der Waals surface area contributed by atoms with E-state index in [0.717, 1.165) is 11.1 Å². The lowest BCUT2D eigenvalue weighted by Gasteiger charge is -2.16. The fourth-order valence-electron chi connectivity index (χ4n) is 3.28. The zero-order chi connectivity index (χ0) is 23.5. The average Bonchev–Trinajstić information content (AvgIpc) is 2.81. The van der Waals surface area contributed by atoms with E-state index in [4.69, 9.17) is 2.74 Å². The number of fused-ring (bicyclic) bond motifs is 1. The van der Waals surface area contributed by atoms with Gasteiger partial charge in [-0.05, 0) is 24.6 Å². The molecule has 0 aliphatic carbocycles. The number of carbonyl (C=O) groups is 1. The summed E-state index contributed by atoms with van der Waals surface area (Å²) in [6.07, 6.45) is 2.82. The van der Waals surface area contributed by atoms with E-state index < -0.39 is 0 Å². The summed E-state index contributed by atoms with van der Waals surface area (Å²) < 4.78 is 16.3. The van der Waals surface area contributed by atoms with E-state index in [1.807, 2.05) is 18.2 Å². The van der Waals surface area contributed by atoms with Crippen molar-refractivity contribution in [1.29, 1.82) is 0 Å². The molecular weight excluding hydrogens is 390 g/mol. The van der Waals surface area contributed by atoms with Gasteiger partial charge in [-0.2, -0.15) is 0 Å². The number of nitrogens with zero attached hydrogens (tertiary/aromatic N) is 5. The highest BCUT2D eigenvalue weighted by atomic mass is 16.1. The van der Waals surface area contributed by atoms with Crippen molar-refractivity contribution in [2.75, 3.05) is 18.9 Å². The van der Waals surface area contributed by atoms with Gasteiger partial charge in [-0.25, -0.2) is 19.9 Å². The first-order chi connectivity index (χ1) is 15.9. The SMILES string of the molecule is [2H]c1cc(C)nc([2H])c1-c1cc(NC[C@@H](C)c2cccc3c(C(=O)NC)ncnc23)ncn1. The Hall–Kier alpha value is -3.94. The van der Waals surface area contributed by atoms with Crippen LogP contribution in [0.25, 0.3) is 22.2 Å². The van der Waals surface area contributed by atoms with Crippen molar-refractivity contribution in [3.8, 4) is 11.3 Å². The molecule has 3 aromatic heterocycles. The molecule has 156 valence electrons. The van der Waals surface area contributed by atoms with Crippen LogP contribution in [0.1, 0.15) is 37.3 Å². The second-order valence-corrected chi connectivity index (χ2v) is 7.14. The third kappa shape index (κ3) is 4.32. The number of hydrogen-bond acceptors (Lipinski definition) is 7. The van der Waals surface area contributed by atoms with Gasteiger partial charge in [0.25, 0.3) is 5.91 Å². The number of benzene rings is 1. The molecule has 0 radical (unpaired) electrons. The van der Waals surface area contributed by atoms with Gasteiger partial charge in [0.15, 0.2) is 0 Å². The van der Waals surface area contributed by atoms with E-state index >= 15 is 0 Å². The van der Waals surface area contributed by atoms with E-state index in [2.05, 4.69) is 42.5 Å². The number of carbonyl (C=O) groups excluding carboxylic acids is 1. The highest BCUT2D eigenvalue weighted by Crippen LogP contribution is 2.26. The van der Waals surface area contributed by atoms with Crippen molar-refractivity contribution in [2.24, 2.45) is 0 Å². The van der Waals surface area contributed by atoms with E-state index in [1.54, 1.807) is 26.1 Å². The van der Waals surface area contributed by atoms with Gasteiger partial charge in [-0.15, -0.1) is 0 Å². The molecule has 4 rings (SSSR count). The molecule has 0 aliphatic heterocycles. The highest BCUT2D eigenvalue weighted by Gasteiger charge is 2.16. The predicted octanol–water partition coefficient (Wildman–Crippen LogP) is 3.37. The summed E-state index contributed by atoms with van der Waals surface area (Å²) in [5, 5.41) is 6.61. The van der Waals surface area contributed by atoms with Gasteiger partial charge in [-0.3, -0.25) is 9.78 Å². The summed E-state index contributed by atoms with van der Waals surface area (Å²) in [6, 6.07) is 9.24. The summed E-state index contributed by atoms with van der Waals surface area (Å²) in [5.74, 6) is 0.359. The van der Waals surface area contributed by atoms with Crippen LogP contribution in [0, 0.1) is 6.92 Å². The number of rotatable bonds is 6. The largest absolute Gasteiger partial charge is 0.369 e. The number of para-hydroxylation sites is 1. The van der Waals surface area contributed by atoms with Crippen LogP contribution < -0.4 is 10.6 Å². The van der Waals surface area contributed by atoms with Crippen LogP contribution in [0.3, 0.4) is 0 Å². The maximum Gasteiger partial charge on any atom is 0.270 e. The van der Waals surface area contributed by atoms with Gasteiger partial charge < -0.3 is 10.6 Å². The molecule has 3 heterocycles. The third-order valence-electron chi connectivity index (χ3n) is 4.95. The quantitative estimate of drug-likeness (QED) is 0.497. The summed E-state index contributed by atoms with van der Waals surface area (Å²) in [4.78, 5) is 33.4. The second kappa shape index (κ2) is 8.83. The standard InChI is InChI=1S/C23H23N7O/c1-14(17-5-4-6-18-21(17)29-13-30-22(18)23(31)24-3)10-26-20-9-19(27-12-28-20)16-8-7-15(2)25-11-16/h4-9,11-14H,10H2,1-3H3,(H,24,31)(H,26,27,28)/t14-/m1/s1/i8D,11D. The maximum atomic E-state index is 12.2. The number of anilines is 1. The molecule has 8 heteroatoms. The van der Waals surface area contributed by atoms with Crippen LogP contribution in [-0.2, 0) is 0 Å². The molecule has 1 atom stereocenters. The summed E-state index contributed by atoms with van der Waals surface area (Å²) in [7, 11) is 1.57. The van der Waals surface area contributed by atoms with Crippen molar-refractivity contribution < 1.29 is 7.54 Å². The number of hydrogen-bond donors (Lipinski definition) is 2. The Morgan fingerprint density at radius 1 is 1.13 bits per heavy atom. The molecule has 4 aromatic rings. The van der Waals surface area contributed by atoms with E-state index in [0.29, 0.717) is 40.4 Å². The Morgan fingerprint density at radius 3 is 2.77 bits per heavy atom. The Kier molecular flexibility index (Phi) is 5.09. The van der Waals surface area contributed by atoms with E-state index in [9.17, 15) is 4.79 Å². The van der Waals surface area contributed by atoms with Crippen LogP contribution in [-0.4, -0.2) is 44.4 Å². The van der Waals surface area contributed by atoms with E-state index in [1.165, 1.54) is 12.7 Å². The molecule has 1 aromatic carbocycles. The summed E-state index contributed by atoms with van der Waals surface area (Å²) >= 11 is 0. The minimum Gasteiger partial charge on any atom is -0.369 e. The van der Waals surface area contributed by atoms with Gasteiger partial charge in [-0.1, -0.05) is 25.1 Å². The van der Waals surface area contributed by atoms with Crippen LogP contribution in [0.5, 0.6) is 0 Å². The number of aromatic nitrogens is 5. The average molecular weight is 415 g/mol. The van der Waals surface area contributed by atoms with Gasteiger partial charge >= 0.3 is 0 Å². The molecule has 1 amide bonds. The number of nitrogens with one attached hydrogen (secondary N) is 2. The molecule has 0 fully saturated rings. The summed E-state index contributed by atoms with van der Waals surface area (Å²) in [5.41, 5.74) is 3.50. The molecule has 0 aliphatic rings. The Bertz CT molecular complexity index is 1320. The van der Waals surface area contributed by atoms with Crippen LogP contribution in [0.4, 0.5) is 5.82 Å². The van der Waals surface area contributed by atoms with Crippen LogP contribution in [0.2, 0.25) is 0 Å². The fraction of sp³-hybridized carbons (Fsp3) is 0.217. The van der Waals surface area contributed by atoms with Crippen LogP contribution >= 0.6 is 0 Å². The Balaban J connectivity index is 1.58. The van der Waals surface area contributed by atoms with Crippen molar-refractivity contribution in [1.82, 2.24) is 30.2 Å². The van der Waals surface area contributed by atoms with Gasteiger partial charge in [0.2, 0.25) is 0 Å². The van der Waals surface area contributed by atoms with Crippen molar-refractivity contribution in [3.63, 3.8) is 0 Å². The first-order valence-corrected chi connectivity index (χ1v) is 9.86. The first kappa shape index (κ1) is 17.9. The Labute approximate surface area is 183 Å². The molecule has 0 bridgehead atoms.